The molecule has 0 spiro atoms. The number of aliphatic hydroxyl groups excluding tert-OH is 1. The summed E-state index contributed by atoms with van der Waals surface area (Å²) < 4.78 is 5.63. The van der Waals surface area contributed by atoms with E-state index >= 15 is 0 Å². The van der Waals surface area contributed by atoms with Gasteiger partial charge in [0, 0.05) is 5.02 Å². The number of hydrogen-bond acceptors (Lipinski definition) is 2. The van der Waals surface area contributed by atoms with Gasteiger partial charge in [0.25, 0.3) is 0 Å². The quantitative estimate of drug-likeness (QED) is 0.873. The van der Waals surface area contributed by atoms with Crippen molar-refractivity contribution >= 4 is 23.2 Å². The number of halogens is 2. The lowest BCUT2D eigenvalue weighted by molar-refractivity contribution is 0.199. The molecule has 0 bridgehead atoms. The van der Waals surface area contributed by atoms with E-state index in [1.165, 1.54) is 0 Å². The molecule has 0 aromatic heterocycles. The van der Waals surface area contributed by atoms with E-state index in [0.717, 1.165) is 5.56 Å². The molecule has 0 heterocycles. The summed E-state index contributed by atoms with van der Waals surface area (Å²) in [6.45, 7) is 1.71. The third-order valence-corrected chi connectivity index (χ3v) is 3.01. The Morgan fingerprint density at radius 1 is 1.06 bits per heavy atom. The van der Waals surface area contributed by atoms with Gasteiger partial charge in [-0.15, -0.1) is 0 Å². The Kier molecular flexibility index (Phi) is 4.12. The maximum Gasteiger partial charge on any atom is 0.146 e. The van der Waals surface area contributed by atoms with Gasteiger partial charge in [0.1, 0.15) is 11.5 Å². The predicted molar refractivity (Wildman–Crippen MR) is 73.6 cm³/mol. The van der Waals surface area contributed by atoms with Crippen LogP contribution in [0.3, 0.4) is 0 Å². The molecule has 2 aromatic carbocycles. The number of aliphatic hydroxyl groups is 1. The van der Waals surface area contributed by atoms with Gasteiger partial charge in [0.2, 0.25) is 0 Å². The van der Waals surface area contributed by atoms with Crippen LogP contribution in [-0.4, -0.2) is 5.11 Å². The standard InChI is InChI=1S/C14H12Cl2O2/c1-9(17)10-2-5-12(6-3-10)18-14-7-4-11(15)8-13(14)16/h2-9,17H,1H3. The van der Waals surface area contributed by atoms with Gasteiger partial charge in [-0.2, -0.15) is 0 Å². The van der Waals surface area contributed by atoms with Crippen molar-refractivity contribution in [1.82, 2.24) is 0 Å². The Morgan fingerprint density at radius 2 is 1.72 bits per heavy atom. The third kappa shape index (κ3) is 3.16. The van der Waals surface area contributed by atoms with Crippen LogP contribution in [0.2, 0.25) is 10.0 Å². The van der Waals surface area contributed by atoms with Crippen molar-refractivity contribution in [2.45, 2.75) is 13.0 Å². The van der Waals surface area contributed by atoms with Gasteiger partial charge in [0.15, 0.2) is 0 Å². The van der Waals surface area contributed by atoms with Gasteiger partial charge in [-0.25, -0.2) is 0 Å². The molecule has 0 aliphatic rings. The molecular formula is C14H12Cl2O2. The SMILES string of the molecule is CC(O)c1ccc(Oc2ccc(Cl)cc2Cl)cc1. The molecule has 0 aliphatic carbocycles. The highest BCUT2D eigenvalue weighted by Crippen LogP contribution is 2.31. The molecule has 0 fully saturated rings. The topological polar surface area (TPSA) is 29.5 Å². The first kappa shape index (κ1) is 13.2. The van der Waals surface area contributed by atoms with Crippen molar-refractivity contribution in [3.63, 3.8) is 0 Å². The van der Waals surface area contributed by atoms with Crippen LogP contribution in [0.1, 0.15) is 18.6 Å². The summed E-state index contributed by atoms with van der Waals surface area (Å²) >= 11 is 11.8. The van der Waals surface area contributed by atoms with Gasteiger partial charge >= 0.3 is 0 Å². The van der Waals surface area contributed by atoms with Crippen molar-refractivity contribution in [2.24, 2.45) is 0 Å². The van der Waals surface area contributed by atoms with Crippen molar-refractivity contribution in [2.75, 3.05) is 0 Å². The average Bonchev–Trinajstić information content (AvgIpc) is 2.33. The third-order valence-electron chi connectivity index (χ3n) is 2.48. The van der Waals surface area contributed by atoms with Crippen molar-refractivity contribution in [1.29, 1.82) is 0 Å². The average molecular weight is 283 g/mol. The van der Waals surface area contributed by atoms with Crippen LogP contribution in [0.5, 0.6) is 11.5 Å². The molecule has 18 heavy (non-hydrogen) atoms. The number of ether oxygens (including phenoxy) is 1. The number of hydrogen-bond donors (Lipinski definition) is 1. The second-order valence-electron chi connectivity index (χ2n) is 3.92. The van der Waals surface area contributed by atoms with E-state index in [0.29, 0.717) is 21.5 Å². The highest BCUT2D eigenvalue weighted by Gasteiger charge is 2.05. The minimum Gasteiger partial charge on any atom is -0.456 e. The Labute approximate surface area is 116 Å². The van der Waals surface area contributed by atoms with Gasteiger partial charge in [-0.05, 0) is 42.8 Å². The lowest BCUT2D eigenvalue weighted by Gasteiger charge is -2.09. The number of rotatable bonds is 3. The fourth-order valence-corrected chi connectivity index (χ4v) is 1.95. The summed E-state index contributed by atoms with van der Waals surface area (Å²) in [5, 5.41) is 10.4. The zero-order valence-corrected chi connectivity index (χ0v) is 11.2. The molecule has 94 valence electrons. The first-order valence-electron chi connectivity index (χ1n) is 5.47. The lowest BCUT2D eigenvalue weighted by atomic mass is 10.1. The summed E-state index contributed by atoms with van der Waals surface area (Å²) in [6.07, 6.45) is -0.488. The van der Waals surface area contributed by atoms with Crippen LogP contribution in [0.15, 0.2) is 42.5 Å². The normalized spacial score (nSPS) is 12.2. The number of benzene rings is 2. The fourth-order valence-electron chi connectivity index (χ4n) is 1.50. The van der Waals surface area contributed by atoms with Crippen LogP contribution in [0.25, 0.3) is 0 Å². The molecule has 2 rings (SSSR count). The predicted octanol–water partition coefficient (Wildman–Crippen LogP) is 4.84. The summed E-state index contributed by atoms with van der Waals surface area (Å²) in [5.41, 5.74) is 0.838. The van der Waals surface area contributed by atoms with Crippen LogP contribution >= 0.6 is 23.2 Å². The van der Waals surface area contributed by atoms with E-state index in [4.69, 9.17) is 27.9 Å². The molecule has 4 heteroatoms. The van der Waals surface area contributed by atoms with E-state index in [-0.39, 0.29) is 0 Å². The van der Waals surface area contributed by atoms with Crippen LogP contribution < -0.4 is 4.74 Å². The zero-order valence-electron chi connectivity index (χ0n) is 9.73. The minimum atomic E-state index is -0.488. The maximum atomic E-state index is 9.40. The Balaban J connectivity index is 2.18. The van der Waals surface area contributed by atoms with Gasteiger partial charge in [0.05, 0.1) is 11.1 Å². The summed E-state index contributed by atoms with van der Waals surface area (Å²) in [7, 11) is 0. The Hall–Kier alpha value is -1.22. The molecule has 2 aromatic rings. The van der Waals surface area contributed by atoms with E-state index in [2.05, 4.69) is 0 Å². The minimum absolute atomic E-state index is 0.460. The maximum absolute atomic E-state index is 9.40. The van der Waals surface area contributed by atoms with Crippen molar-refractivity contribution in [3.05, 3.63) is 58.1 Å². The van der Waals surface area contributed by atoms with Gasteiger partial charge in [-0.3, -0.25) is 0 Å². The second kappa shape index (κ2) is 5.61. The van der Waals surface area contributed by atoms with E-state index in [9.17, 15) is 5.11 Å². The highest BCUT2D eigenvalue weighted by molar-refractivity contribution is 6.35. The van der Waals surface area contributed by atoms with Crippen molar-refractivity contribution in [3.8, 4) is 11.5 Å². The summed E-state index contributed by atoms with van der Waals surface area (Å²) in [6, 6.07) is 12.2. The lowest BCUT2D eigenvalue weighted by Crippen LogP contribution is -1.91. The van der Waals surface area contributed by atoms with Crippen LogP contribution in [0.4, 0.5) is 0 Å². The molecule has 0 aliphatic heterocycles. The Morgan fingerprint density at radius 3 is 2.28 bits per heavy atom. The second-order valence-corrected chi connectivity index (χ2v) is 4.77. The van der Waals surface area contributed by atoms with Crippen molar-refractivity contribution < 1.29 is 9.84 Å². The smallest absolute Gasteiger partial charge is 0.146 e. The summed E-state index contributed by atoms with van der Waals surface area (Å²) in [4.78, 5) is 0. The van der Waals surface area contributed by atoms with Crippen LogP contribution in [0, 0.1) is 0 Å². The molecule has 1 unspecified atom stereocenters. The molecule has 1 atom stereocenters. The first-order valence-corrected chi connectivity index (χ1v) is 6.23. The molecule has 2 nitrogen and oxygen atoms in total. The van der Waals surface area contributed by atoms with Gasteiger partial charge in [-0.1, -0.05) is 35.3 Å². The molecule has 1 N–H and O–H groups in total. The first-order chi connectivity index (χ1) is 8.56. The van der Waals surface area contributed by atoms with Crippen LogP contribution in [-0.2, 0) is 0 Å². The molecular weight excluding hydrogens is 271 g/mol. The molecule has 0 saturated heterocycles. The van der Waals surface area contributed by atoms with Gasteiger partial charge < -0.3 is 9.84 Å². The summed E-state index contributed by atoms with van der Waals surface area (Å²) in [5.74, 6) is 1.20. The molecule has 0 saturated carbocycles. The van der Waals surface area contributed by atoms with E-state index in [1.54, 1.807) is 37.3 Å². The zero-order chi connectivity index (χ0) is 13.1. The fraction of sp³-hybridized carbons (Fsp3) is 0.143. The highest BCUT2D eigenvalue weighted by atomic mass is 35.5. The Bertz CT molecular complexity index is 536. The monoisotopic (exact) mass is 282 g/mol. The molecule has 0 radical (unpaired) electrons. The largest absolute Gasteiger partial charge is 0.456 e. The van der Waals surface area contributed by atoms with E-state index < -0.39 is 6.10 Å². The molecule has 0 amide bonds. The van der Waals surface area contributed by atoms with E-state index in [1.807, 2.05) is 12.1 Å².